The third-order valence-corrected chi connectivity index (χ3v) is 5.01. The van der Waals surface area contributed by atoms with E-state index in [0.29, 0.717) is 0 Å². The molecule has 88 valence electrons. The summed E-state index contributed by atoms with van der Waals surface area (Å²) in [4.78, 5) is 2.57. The summed E-state index contributed by atoms with van der Waals surface area (Å²) in [5.41, 5.74) is 9.19. The largest absolute Gasteiger partial charge is 0.399 e. The highest BCUT2D eigenvalue weighted by molar-refractivity contribution is 14.1. The summed E-state index contributed by atoms with van der Waals surface area (Å²) >= 11 is 4.13. The van der Waals surface area contributed by atoms with Crippen LogP contribution in [0.25, 0.3) is 0 Å². The predicted molar refractivity (Wildman–Crippen MR) is 83.6 cm³/mol. The molecule has 0 fully saturated rings. The van der Waals surface area contributed by atoms with E-state index in [-0.39, 0.29) is 0 Å². The molecule has 3 heteroatoms. The van der Waals surface area contributed by atoms with Crippen molar-refractivity contribution in [3.63, 3.8) is 0 Å². The summed E-state index contributed by atoms with van der Waals surface area (Å²) in [5, 5.41) is 0. The summed E-state index contributed by atoms with van der Waals surface area (Å²) in [5.74, 6) is 0. The average molecular weight is 355 g/mol. The van der Waals surface area contributed by atoms with E-state index in [4.69, 9.17) is 5.73 Å². The first kappa shape index (κ1) is 12.8. The SMILES string of the molecule is Cc1ccc(C)c(Sc2ccc(N)cc2I)c1. The van der Waals surface area contributed by atoms with Gasteiger partial charge in [0.05, 0.1) is 0 Å². The Balaban J connectivity index is 2.34. The van der Waals surface area contributed by atoms with Crippen LogP contribution < -0.4 is 5.73 Å². The molecule has 0 saturated heterocycles. The van der Waals surface area contributed by atoms with Gasteiger partial charge in [0.2, 0.25) is 0 Å². The monoisotopic (exact) mass is 355 g/mol. The van der Waals surface area contributed by atoms with Gasteiger partial charge in [-0.3, -0.25) is 0 Å². The maximum Gasteiger partial charge on any atom is 0.0325 e. The van der Waals surface area contributed by atoms with Gasteiger partial charge in [-0.05, 0) is 71.8 Å². The second kappa shape index (κ2) is 5.31. The number of hydrogen-bond acceptors (Lipinski definition) is 2. The van der Waals surface area contributed by atoms with Crippen LogP contribution in [0.15, 0.2) is 46.2 Å². The Bertz CT molecular complexity index is 552. The molecule has 0 aliphatic carbocycles. The first-order valence-corrected chi connectivity index (χ1v) is 7.26. The number of benzene rings is 2. The summed E-state index contributed by atoms with van der Waals surface area (Å²) in [6.07, 6.45) is 0. The lowest BCUT2D eigenvalue weighted by atomic mass is 10.2. The van der Waals surface area contributed by atoms with E-state index < -0.39 is 0 Å². The Morgan fingerprint density at radius 2 is 1.76 bits per heavy atom. The first-order chi connectivity index (χ1) is 8.06. The predicted octanol–water partition coefficient (Wildman–Crippen LogP) is 4.64. The van der Waals surface area contributed by atoms with Crippen LogP contribution in [0.3, 0.4) is 0 Å². The van der Waals surface area contributed by atoms with Crippen LogP contribution in [-0.4, -0.2) is 0 Å². The van der Waals surface area contributed by atoms with E-state index in [9.17, 15) is 0 Å². The maximum atomic E-state index is 5.76. The number of hydrogen-bond donors (Lipinski definition) is 1. The highest BCUT2D eigenvalue weighted by atomic mass is 127. The van der Waals surface area contributed by atoms with Gasteiger partial charge in [0.15, 0.2) is 0 Å². The Morgan fingerprint density at radius 1 is 1.00 bits per heavy atom. The lowest BCUT2D eigenvalue weighted by Gasteiger charge is -2.08. The van der Waals surface area contributed by atoms with Gasteiger partial charge in [0, 0.05) is 19.0 Å². The highest BCUT2D eigenvalue weighted by Crippen LogP contribution is 2.34. The van der Waals surface area contributed by atoms with Crippen molar-refractivity contribution >= 4 is 40.0 Å². The minimum Gasteiger partial charge on any atom is -0.399 e. The lowest BCUT2D eigenvalue weighted by molar-refractivity contribution is 1.25. The van der Waals surface area contributed by atoms with Crippen LogP contribution in [0.5, 0.6) is 0 Å². The second-order valence-electron chi connectivity index (χ2n) is 4.06. The average Bonchev–Trinajstić information content (AvgIpc) is 2.27. The molecule has 2 N–H and O–H groups in total. The maximum absolute atomic E-state index is 5.76. The van der Waals surface area contributed by atoms with E-state index in [1.807, 2.05) is 12.1 Å². The van der Waals surface area contributed by atoms with Crippen molar-refractivity contribution in [1.29, 1.82) is 0 Å². The van der Waals surface area contributed by atoms with Crippen molar-refractivity contribution in [1.82, 2.24) is 0 Å². The molecule has 0 atom stereocenters. The van der Waals surface area contributed by atoms with Gasteiger partial charge in [-0.2, -0.15) is 0 Å². The minimum absolute atomic E-state index is 0.819. The number of rotatable bonds is 2. The van der Waals surface area contributed by atoms with Crippen molar-refractivity contribution in [2.45, 2.75) is 23.6 Å². The van der Waals surface area contributed by atoms with Crippen LogP contribution in [0.1, 0.15) is 11.1 Å². The van der Waals surface area contributed by atoms with Gasteiger partial charge >= 0.3 is 0 Å². The fourth-order valence-corrected chi connectivity index (χ4v) is 3.41. The van der Waals surface area contributed by atoms with Crippen molar-refractivity contribution in [2.75, 3.05) is 5.73 Å². The molecule has 0 bridgehead atoms. The molecule has 0 aliphatic heterocycles. The molecule has 2 aromatic rings. The van der Waals surface area contributed by atoms with Crippen LogP contribution in [-0.2, 0) is 0 Å². The van der Waals surface area contributed by atoms with Crippen LogP contribution in [0, 0.1) is 17.4 Å². The van der Waals surface area contributed by atoms with Crippen LogP contribution in [0.4, 0.5) is 5.69 Å². The van der Waals surface area contributed by atoms with Gasteiger partial charge in [0.1, 0.15) is 0 Å². The zero-order valence-corrected chi connectivity index (χ0v) is 12.8. The molecule has 0 spiro atoms. The number of aryl methyl sites for hydroxylation is 2. The molecule has 17 heavy (non-hydrogen) atoms. The van der Waals surface area contributed by atoms with Gasteiger partial charge in [-0.15, -0.1) is 0 Å². The zero-order valence-electron chi connectivity index (χ0n) is 9.83. The fraction of sp³-hybridized carbons (Fsp3) is 0.143. The summed E-state index contributed by atoms with van der Waals surface area (Å²) < 4.78 is 1.20. The van der Waals surface area contributed by atoms with E-state index >= 15 is 0 Å². The number of halogens is 1. The third kappa shape index (κ3) is 3.16. The summed E-state index contributed by atoms with van der Waals surface area (Å²) in [6.45, 7) is 4.27. The molecule has 2 rings (SSSR count). The van der Waals surface area contributed by atoms with Gasteiger partial charge < -0.3 is 5.73 Å². The molecule has 0 aromatic heterocycles. The standard InChI is InChI=1S/C14H14INS/c1-9-3-4-10(2)14(7-9)17-13-6-5-11(16)8-12(13)15/h3-8H,16H2,1-2H3. The second-order valence-corrected chi connectivity index (χ2v) is 6.31. The molecule has 0 saturated carbocycles. The quantitative estimate of drug-likeness (QED) is 0.627. The molecule has 0 heterocycles. The summed E-state index contributed by atoms with van der Waals surface area (Å²) in [6, 6.07) is 12.6. The molecule has 1 nitrogen and oxygen atoms in total. The van der Waals surface area contributed by atoms with Crippen LogP contribution in [0.2, 0.25) is 0 Å². The normalized spacial score (nSPS) is 10.5. The minimum atomic E-state index is 0.819. The highest BCUT2D eigenvalue weighted by Gasteiger charge is 2.05. The van der Waals surface area contributed by atoms with E-state index in [0.717, 1.165) is 5.69 Å². The lowest BCUT2D eigenvalue weighted by Crippen LogP contribution is -1.88. The molecule has 2 aromatic carbocycles. The molecular weight excluding hydrogens is 341 g/mol. The van der Waals surface area contributed by atoms with Gasteiger partial charge in [-0.1, -0.05) is 23.9 Å². The summed E-state index contributed by atoms with van der Waals surface area (Å²) in [7, 11) is 0. The van der Waals surface area contributed by atoms with E-state index in [1.54, 1.807) is 11.8 Å². The fourth-order valence-electron chi connectivity index (χ4n) is 1.54. The molecular formula is C14H14INS. The number of nitrogens with two attached hydrogens (primary N) is 1. The van der Waals surface area contributed by atoms with E-state index in [1.165, 1.54) is 24.5 Å². The Kier molecular flexibility index (Phi) is 3.99. The zero-order chi connectivity index (χ0) is 12.4. The molecule has 0 radical (unpaired) electrons. The van der Waals surface area contributed by atoms with Gasteiger partial charge in [0.25, 0.3) is 0 Å². The number of anilines is 1. The molecule has 0 aliphatic rings. The Morgan fingerprint density at radius 3 is 2.47 bits per heavy atom. The van der Waals surface area contributed by atoms with Crippen molar-refractivity contribution in [2.24, 2.45) is 0 Å². The van der Waals surface area contributed by atoms with Crippen LogP contribution >= 0.6 is 34.4 Å². The Labute approximate surface area is 120 Å². The van der Waals surface area contributed by atoms with Crippen molar-refractivity contribution in [3.05, 3.63) is 51.1 Å². The third-order valence-electron chi connectivity index (χ3n) is 2.52. The van der Waals surface area contributed by atoms with Crippen molar-refractivity contribution < 1.29 is 0 Å². The van der Waals surface area contributed by atoms with Crippen molar-refractivity contribution in [3.8, 4) is 0 Å². The molecule has 0 amide bonds. The first-order valence-electron chi connectivity index (χ1n) is 5.36. The van der Waals surface area contributed by atoms with E-state index in [2.05, 4.69) is 60.7 Å². The Hall–Kier alpha value is -0.680. The smallest absolute Gasteiger partial charge is 0.0325 e. The molecule has 0 unspecified atom stereocenters. The number of nitrogen functional groups attached to an aromatic ring is 1. The topological polar surface area (TPSA) is 26.0 Å². The van der Waals surface area contributed by atoms with Gasteiger partial charge in [-0.25, -0.2) is 0 Å².